The molecule has 0 radical (unpaired) electrons. The lowest BCUT2D eigenvalue weighted by Crippen LogP contribution is -2.50. The lowest BCUT2D eigenvalue weighted by molar-refractivity contribution is -0.116. The molecule has 0 spiro atoms. The van der Waals surface area contributed by atoms with E-state index in [1.165, 1.54) is 11.8 Å². The molecule has 2 aliphatic rings. The van der Waals surface area contributed by atoms with Gasteiger partial charge >= 0.3 is 0 Å². The van der Waals surface area contributed by atoms with Gasteiger partial charge in [-0.25, -0.2) is 5.01 Å². The van der Waals surface area contributed by atoms with E-state index in [2.05, 4.69) is 5.32 Å². The molecule has 2 heterocycles. The van der Waals surface area contributed by atoms with Gasteiger partial charge in [-0.1, -0.05) is 55.1 Å². The van der Waals surface area contributed by atoms with Gasteiger partial charge in [0.1, 0.15) is 11.4 Å². The maximum Gasteiger partial charge on any atom is 0.276 e. The highest BCUT2D eigenvalue weighted by molar-refractivity contribution is 8.13. The summed E-state index contributed by atoms with van der Waals surface area (Å²) >= 11 is 1.49. The molecule has 0 fully saturated rings. The Labute approximate surface area is 161 Å². The van der Waals surface area contributed by atoms with Crippen LogP contribution in [0.25, 0.3) is 5.70 Å². The molecule has 7 heteroatoms. The average molecular weight is 380 g/mol. The van der Waals surface area contributed by atoms with Gasteiger partial charge in [0, 0.05) is 10.8 Å². The molecule has 0 aromatic heterocycles. The molecule has 0 saturated carbocycles. The van der Waals surface area contributed by atoms with Crippen LogP contribution < -0.4 is 20.6 Å². The summed E-state index contributed by atoms with van der Waals surface area (Å²) in [6.07, 6.45) is -0.462. The number of hydrazone groups is 1. The van der Waals surface area contributed by atoms with E-state index in [-0.39, 0.29) is 5.91 Å². The van der Waals surface area contributed by atoms with E-state index in [9.17, 15) is 4.79 Å². The van der Waals surface area contributed by atoms with Gasteiger partial charge in [-0.05, 0) is 24.8 Å². The molecule has 4 rings (SSSR count). The first kappa shape index (κ1) is 17.6. The molecule has 0 saturated heterocycles. The van der Waals surface area contributed by atoms with Crippen molar-refractivity contribution in [3.8, 4) is 5.75 Å². The Morgan fingerprint density at radius 2 is 1.93 bits per heavy atom. The predicted octanol–water partition coefficient (Wildman–Crippen LogP) is 1.98. The molecule has 1 atom stereocenters. The van der Waals surface area contributed by atoms with Crippen molar-refractivity contribution in [1.29, 1.82) is 0 Å². The summed E-state index contributed by atoms with van der Waals surface area (Å²) in [5.74, 6) is 1.40. The van der Waals surface area contributed by atoms with Crippen LogP contribution in [0.15, 0.2) is 58.6 Å². The maximum atomic E-state index is 12.9. The van der Waals surface area contributed by atoms with Gasteiger partial charge in [0.05, 0.1) is 12.0 Å². The number of ether oxygens (including phenoxy) is 1. The van der Waals surface area contributed by atoms with E-state index in [0.717, 1.165) is 27.6 Å². The predicted molar refractivity (Wildman–Crippen MR) is 107 cm³/mol. The number of amidine groups is 1. The van der Waals surface area contributed by atoms with Crippen molar-refractivity contribution in [2.45, 2.75) is 20.0 Å². The van der Waals surface area contributed by atoms with Crippen molar-refractivity contribution in [3.05, 3.63) is 64.7 Å². The Balaban J connectivity index is 1.94. The zero-order valence-corrected chi connectivity index (χ0v) is 16.0. The fourth-order valence-electron chi connectivity index (χ4n) is 3.21. The molecule has 6 nitrogen and oxygen atoms in total. The topological polar surface area (TPSA) is 66.3 Å². The monoisotopic (exact) mass is 380 g/mol. The molecular formula is C20H20N4O2S. The van der Waals surface area contributed by atoms with Crippen molar-refractivity contribution < 1.29 is 9.53 Å². The van der Waals surface area contributed by atoms with Crippen LogP contribution in [0.2, 0.25) is 0 Å². The molecule has 2 aromatic carbocycles. The molecule has 138 valence electrons. The number of carbonyl (C=O) groups is 1. The van der Waals surface area contributed by atoms with E-state index < -0.39 is 6.17 Å². The number of hydrogen-bond acceptors (Lipinski definition) is 6. The summed E-state index contributed by atoms with van der Waals surface area (Å²) in [6, 6.07) is 15.4. The van der Waals surface area contributed by atoms with Crippen LogP contribution in [0.1, 0.15) is 25.6 Å². The van der Waals surface area contributed by atoms with Gasteiger partial charge in [-0.3, -0.25) is 15.1 Å². The number of fused-ring (bicyclic) bond motifs is 2. The van der Waals surface area contributed by atoms with Crippen LogP contribution >= 0.6 is 11.8 Å². The van der Waals surface area contributed by atoms with Gasteiger partial charge in [0.2, 0.25) is 0 Å². The van der Waals surface area contributed by atoms with Gasteiger partial charge in [0.25, 0.3) is 5.91 Å². The van der Waals surface area contributed by atoms with Crippen LogP contribution in [0.4, 0.5) is 0 Å². The summed E-state index contributed by atoms with van der Waals surface area (Å²) in [7, 11) is 0. The number of para-hydroxylation sites is 2. The van der Waals surface area contributed by atoms with E-state index in [0.29, 0.717) is 17.5 Å². The highest BCUT2D eigenvalue weighted by Gasteiger charge is 2.35. The average Bonchev–Trinajstić information content (AvgIpc) is 2.68. The number of benzene rings is 2. The third-order valence-electron chi connectivity index (χ3n) is 4.29. The molecule has 0 aliphatic carbocycles. The second-order valence-corrected chi connectivity index (χ2v) is 7.23. The Morgan fingerprint density at radius 1 is 1.15 bits per heavy atom. The number of nitrogens with one attached hydrogen (secondary N) is 1. The molecule has 27 heavy (non-hydrogen) atoms. The Kier molecular flexibility index (Phi) is 4.85. The van der Waals surface area contributed by atoms with E-state index in [1.54, 1.807) is 5.01 Å². The van der Waals surface area contributed by atoms with E-state index in [1.807, 2.05) is 62.4 Å². The minimum absolute atomic E-state index is 0.165. The van der Waals surface area contributed by atoms with Crippen molar-refractivity contribution >= 4 is 28.5 Å². The highest BCUT2D eigenvalue weighted by Crippen LogP contribution is 2.35. The lowest BCUT2D eigenvalue weighted by Gasteiger charge is -2.34. The van der Waals surface area contributed by atoms with Crippen LogP contribution in [-0.2, 0) is 4.79 Å². The van der Waals surface area contributed by atoms with Crippen molar-refractivity contribution in [3.63, 3.8) is 0 Å². The first-order chi connectivity index (χ1) is 13.2. The molecule has 1 N–H and O–H groups in total. The van der Waals surface area contributed by atoms with Gasteiger partial charge in [0.15, 0.2) is 11.3 Å². The number of carbonyl (C=O) groups excluding carboxylic acids is 1. The summed E-state index contributed by atoms with van der Waals surface area (Å²) in [4.78, 5) is 17.8. The standard InChI is InChI=1S/C20H20N4O2S/c1-3-26-16-12-8-6-10-14(16)18-21-15-11-7-5-9-13(15)17-19(25)22-20(27-4-2)23-24(17)18/h5-12,18H,3-4H2,1-2H3,(H,22,23,25)/t18-/m0/s1. The number of hydrogen-bond donors (Lipinski definition) is 1. The first-order valence-corrected chi connectivity index (χ1v) is 9.92. The molecule has 0 bridgehead atoms. The van der Waals surface area contributed by atoms with E-state index in [4.69, 9.17) is 14.8 Å². The van der Waals surface area contributed by atoms with Gasteiger partial charge < -0.3 is 4.74 Å². The highest BCUT2D eigenvalue weighted by atomic mass is 32.2. The van der Waals surface area contributed by atoms with E-state index >= 15 is 0 Å². The summed E-state index contributed by atoms with van der Waals surface area (Å²) < 4.78 is 5.81. The Bertz CT molecular complexity index is 1030. The summed E-state index contributed by atoms with van der Waals surface area (Å²) in [6.45, 7) is 4.53. The molecule has 1 amide bonds. The van der Waals surface area contributed by atoms with Gasteiger partial charge in [-0.15, -0.1) is 5.10 Å². The van der Waals surface area contributed by atoms with Crippen LogP contribution in [0, 0.1) is 0 Å². The lowest BCUT2D eigenvalue weighted by atomic mass is 10.1. The zero-order valence-electron chi connectivity index (χ0n) is 15.2. The summed E-state index contributed by atoms with van der Waals surface area (Å²) in [5.41, 5.74) is 1.39. The second-order valence-electron chi connectivity index (χ2n) is 5.98. The van der Waals surface area contributed by atoms with Crippen LogP contribution in [-0.4, -0.2) is 28.4 Å². The SMILES string of the molecule is CCOc1ccccc1[C@H]1N=c2ccccc2=C2C(=O)NC(SCC)=NN21. The quantitative estimate of drug-likeness (QED) is 0.881. The molecule has 2 aliphatic heterocycles. The second kappa shape index (κ2) is 7.44. The fourth-order valence-corrected chi connectivity index (χ4v) is 3.80. The molecular weight excluding hydrogens is 360 g/mol. The maximum absolute atomic E-state index is 12.9. The Morgan fingerprint density at radius 3 is 2.74 bits per heavy atom. The molecule has 2 aromatic rings. The normalized spacial score (nSPS) is 18.1. The van der Waals surface area contributed by atoms with Gasteiger partial charge in [-0.2, -0.15) is 0 Å². The number of amides is 1. The first-order valence-electron chi connectivity index (χ1n) is 8.93. The minimum Gasteiger partial charge on any atom is -0.493 e. The Hall–Kier alpha value is -2.80. The summed E-state index contributed by atoms with van der Waals surface area (Å²) in [5, 5.41) is 11.4. The third-order valence-corrected chi connectivity index (χ3v) is 5.04. The zero-order chi connectivity index (χ0) is 18.8. The number of nitrogens with zero attached hydrogens (tertiary/aromatic N) is 3. The largest absolute Gasteiger partial charge is 0.493 e. The van der Waals surface area contributed by atoms with Crippen molar-refractivity contribution in [2.75, 3.05) is 12.4 Å². The van der Waals surface area contributed by atoms with Crippen LogP contribution in [0.3, 0.4) is 0 Å². The van der Waals surface area contributed by atoms with Crippen LogP contribution in [0.5, 0.6) is 5.75 Å². The number of thioether (sulfide) groups is 1. The smallest absolute Gasteiger partial charge is 0.276 e. The number of rotatable bonds is 4. The van der Waals surface area contributed by atoms with Crippen molar-refractivity contribution in [2.24, 2.45) is 10.1 Å². The fraction of sp³-hybridized carbons (Fsp3) is 0.250. The third kappa shape index (κ3) is 3.19. The van der Waals surface area contributed by atoms with Crippen molar-refractivity contribution in [1.82, 2.24) is 10.3 Å². The minimum atomic E-state index is -0.462. The molecule has 0 unspecified atom stereocenters.